The fourth-order valence-corrected chi connectivity index (χ4v) is 5.79. The number of likely N-dealkylation sites (tertiary alicyclic amines) is 1. The second-order valence-corrected chi connectivity index (χ2v) is 10.2. The molecule has 2 aromatic rings. The molecule has 0 radical (unpaired) electrons. The molecule has 2 aliphatic heterocycles. The van der Waals surface area contributed by atoms with Crippen molar-refractivity contribution in [3.05, 3.63) is 48.0 Å². The monoisotopic (exact) mass is 501 g/mol. The summed E-state index contributed by atoms with van der Waals surface area (Å²) in [6, 6.07) is 11.3. The molecule has 11 heteroatoms. The van der Waals surface area contributed by atoms with Gasteiger partial charge in [0.2, 0.25) is 11.3 Å². The van der Waals surface area contributed by atoms with E-state index in [-0.39, 0.29) is 6.54 Å². The molecule has 2 atom stereocenters. The van der Waals surface area contributed by atoms with Crippen molar-refractivity contribution < 1.29 is 27.0 Å². The zero-order valence-electron chi connectivity index (χ0n) is 17.8. The third kappa shape index (κ3) is 6.09. The molecule has 2 aliphatic rings. The molecule has 1 fully saturated rings. The number of benzene rings is 2. The number of aliphatic hydroxyl groups is 1. The largest absolute Gasteiger partial charge is 0.416 e. The van der Waals surface area contributed by atoms with Crippen molar-refractivity contribution in [3.63, 3.8) is 0 Å². The van der Waals surface area contributed by atoms with E-state index < -0.39 is 29.1 Å². The van der Waals surface area contributed by atoms with Gasteiger partial charge < -0.3 is 14.9 Å². The molecule has 0 amide bonds. The highest BCUT2D eigenvalue weighted by Gasteiger charge is 2.34. The quantitative estimate of drug-likeness (QED) is 0.496. The van der Waals surface area contributed by atoms with Crippen LogP contribution in [0, 0.1) is 5.92 Å². The summed E-state index contributed by atoms with van der Waals surface area (Å²) in [4.78, 5) is 5.58. The van der Waals surface area contributed by atoms with E-state index in [4.69, 9.17) is 4.55 Å². The van der Waals surface area contributed by atoms with Crippen LogP contribution in [0.2, 0.25) is 0 Å². The number of piperidine rings is 1. The highest BCUT2D eigenvalue weighted by atomic mass is 32.2. The van der Waals surface area contributed by atoms with Gasteiger partial charge in [0.05, 0.1) is 29.6 Å². The molecule has 3 N–H and O–H groups in total. The topological polar surface area (TPSA) is 76.0 Å². The van der Waals surface area contributed by atoms with Gasteiger partial charge in [0, 0.05) is 22.9 Å². The molecule has 0 spiro atoms. The minimum Gasteiger partial charge on any atom is -0.390 e. The van der Waals surface area contributed by atoms with Crippen molar-refractivity contribution in [3.8, 4) is 0 Å². The Hall–Kier alpha value is -1.63. The van der Waals surface area contributed by atoms with Crippen LogP contribution < -0.4 is 9.62 Å². The second-order valence-electron chi connectivity index (χ2n) is 8.36. The molecule has 2 aromatic carbocycles. The van der Waals surface area contributed by atoms with Crippen molar-refractivity contribution in [2.24, 2.45) is 5.92 Å². The number of anilines is 2. The number of β-amino-alcohol motifs (C(OH)–C–C–N with tert-alkyl or cyclic N) is 1. The SMILES string of the molecule is O=S(O)NCC1CCN(CC(O)CN2c3ccccc3Sc3ccc(C(F)(F)F)cc32)CC1. The molecule has 0 saturated carbocycles. The van der Waals surface area contributed by atoms with Crippen LogP contribution in [-0.4, -0.2) is 57.6 Å². The molecule has 1 saturated heterocycles. The molecule has 4 rings (SSSR count). The van der Waals surface area contributed by atoms with E-state index in [1.54, 1.807) is 4.90 Å². The van der Waals surface area contributed by atoms with Crippen molar-refractivity contribution in [2.75, 3.05) is 37.6 Å². The Morgan fingerprint density at radius 3 is 2.48 bits per heavy atom. The van der Waals surface area contributed by atoms with E-state index in [1.807, 2.05) is 24.3 Å². The summed E-state index contributed by atoms with van der Waals surface area (Å²) in [6.07, 6.45) is -3.51. The van der Waals surface area contributed by atoms with Gasteiger partial charge in [0.15, 0.2) is 0 Å². The zero-order chi connectivity index (χ0) is 23.6. The molecule has 2 unspecified atom stereocenters. The number of hydrogen-bond donors (Lipinski definition) is 3. The number of hydrogen-bond acceptors (Lipinski definition) is 5. The molecule has 180 valence electrons. The number of alkyl halides is 3. The Morgan fingerprint density at radius 2 is 1.79 bits per heavy atom. The Kier molecular flexibility index (Phi) is 7.66. The van der Waals surface area contributed by atoms with Crippen LogP contribution >= 0.6 is 11.8 Å². The summed E-state index contributed by atoms with van der Waals surface area (Å²) in [6.45, 7) is 2.56. The zero-order valence-corrected chi connectivity index (χ0v) is 19.4. The van der Waals surface area contributed by atoms with Crippen LogP contribution in [0.4, 0.5) is 24.5 Å². The maximum atomic E-state index is 13.4. The number of fused-ring (bicyclic) bond motifs is 2. The molecular weight excluding hydrogens is 475 g/mol. The molecule has 2 heterocycles. The lowest BCUT2D eigenvalue weighted by Crippen LogP contribution is -2.44. The van der Waals surface area contributed by atoms with Crippen molar-refractivity contribution in [1.82, 2.24) is 9.62 Å². The minimum absolute atomic E-state index is 0.177. The Balaban J connectivity index is 1.46. The van der Waals surface area contributed by atoms with Gasteiger partial charge in [0.1, 0.15) is 0 Å². The lowest BCUT2D eigenvalue weighted by molar-refractivity contribution is -0.137. The number of halogens is 3. The highest BCUT2D eigenvalue weighted by molar-refractivity contribution is 7.99. The lowest BCUT2D eigenvalue weighted by Gasteiger charge is -2.37. The lowest BCUT2D eigenvalue weighted by atomic mass is 9.97. The number of rotatable bonds is 7. The normalized spacial score (nSPS) is 19.1. The molecule has 33 heavy (non-hydrogen) atoms. The van der Waals surface area contributed by atoms with Gasteiger partial charge in [-0.15, -0.1) is 0 Å². The van der Waals surface area contributed by atoms with Crippen LogP contribution in [0.3, 0.4) is 0 Å². The van der Waals surface area contributed by atoms with Gasteiger partial charge in [-0.25, -0.2) is 8.93 Å². The van der Waals surface area contributed by atoms with Crippen LogP contribution in [-0.2, 0) is 17.4 Å². The first-order chi connectivity index (χ1) is 15.7. The van der Waals surface area contributed by atoms with Crippen LogP contribution in [0.15, 0.2) is 52.3 Å². The average Bonchev–Trinajstić information content (AvgIpc) is 2.77. The van der Waals surface area contributed by atoms with Crippen LogP contribution in [0.25, 0.3) is 0 Å². The van der Waals surface area contributed by atoms with Crippen LogP contribution in [0.5, 0.6) is 0 Å². The van der Waals surface area contributed by atoms with Crippen molar-refractivity contribution in [2.45, 2.75) is 34.9 Å². The maximum absolute atomic E-state index is 13.4. The maximum Gasteiger partial charge on any atom is 0.416 e. The molecular formula is C22H26F3N3O3S2. The number of aliphatic hydroxyl groups excluding tert-OH is 1. The van der Waals surface area contributed by atoms with Crippen molar-refractivity contribution in [1.29, 1.82) is 0 Å². The second kappa shape index (κ2) is 10.3. The van der Waals surface area contributed by atoms with E-state index in [0.29, 0.717) is 24.7 Å². The smallest absolute Gasteiger partial charge is 0.390 e. The molecule has 0 aliphatic carbocycles. The van der Waals surface area contributed by atoms with E-state index in [2.05, 4.69) is 9.62 Å². The average molecular weight is 502 g/mol. The fourth-order valence-electron chi connectivity index (χ4n) is 4.33. The Morgan fingerprint density at radius 1 is 1.09 bits per heavy atom. The number of para-hydroxylation sites is 1. The Labute approximate surface area is 197 Å². The van der Waals surface area contributed by atoms with Gasteiger partial charge in [-0.2, -0.15) is 13.2 Å². The van der Waals surface area contributed by atoms with E-state index in [1.165, 1.54) is 17.8 Å². The molecule has 0 aromatic heterocycles. The van der Waals surface area contributed by atoms with Gasteiger partial charge in [-0.05, 0) is 62.2 Å². The highest BCUT2D eigenvalue weighted by Crippen LogP contribution is 2.49. The first-order valence-electron chi connectivity index (χ1n) is 10.7. The van der Waals surface area contributed by atoms with Crippen LogP contribution in [0.1, 0.15) is 18.4 Å². The Bertz CT molecular complexity index is 1000. The summed E-state index contributed by atoms with van der Waals surface area (Å²) >= 11 is -0.586. The van der Waals surface area contributed by atoms with E-state index >= 15 is 0 Å². The first kappa shape index (κ1) is 24.5. The number of nitrogens with zero attached hydrogens (tertiary/aromatic N) is 2. The number of nitrogens with one attached hydrogen (secondary N) is 1. The molecule has 0 bridgehead atoms. The predicted octanol–water partition coefficient (Wildman–Crippen LogP) is 4.11. The van der Waals surface area contributed by atoms with E-state index in [0.717, 1.165) is 53.5 Å². The predicted molar refractivity (Wildman–Crippen MR) is 123 cm³/mol. The third-order valence-electron chi connectivity index (χ3n) is 6.02. The molecule has 6 nitrogen and oxygen atoms in total. The summed E-state index contributed by atoms with van der Waals surface area (Å²) in [5.41, 5.74) is 0.532. The van der Waals surface area contributed by atoms with Gasteiger partial charge in [-0.3, -0.25) is 4.55 Å². The van der Waals surface area contributed by atoms with Gasteiger partial charge in [-0.1, -0.05) is 23.9 Å². The van der Waals surface area contributed by atoms with Gasteiger partial charge >= 0.3 is 6.18 Å². The summed E-state index contributed by atoms with van der Waals surface area (Å²) in [5, 5.41) is 10.9. The first-order valence-corrected chi connectivity index (χ1v) is 12.6. The van der Waals surface area contributed by atoms with Crippen molar-refractivity contribution >= 4 is 34.4 Å². The fraction of sp³-hybridized carbons (Fsp3) is 0.455. The summed E-state index contributed by atoms with van der Waals surface area (Å²) < 4.78 is 62.3. The third-order valence-corrected chi connectivity index (χ3v) is 7.56. The van der Waals surface area contributed by atoms with E-state index in [9.17, 15) is 22.5 Å². The minimum atomic E-state index is -4.44. The summed E-state index contributed by atoms with van der Waals surface area (Å²) in [5.74, 6) is 0.299. The van der Waals surface area contributed by atoms with Gasteiger partial charge in [0.25, 0.3) is 0 Å². The summed E-state index contributed by atoms with van der Waals surface area (Å²) in [7, 11) is 0. The standard InChI is InChI=1S/C22H26F3N3O3S2/c23-22(24,25)16-5-6-21-19(11-16)28(18-3-1-2-4-20(18)32-21)14-17(29)13-27-9-7-15(8-10-27)12-26-33(30)31/h1-6,11,15,17,26,29H,7-10,12-14H2,(H,30,31).